The molecule has 0 spiro atoms. The average molecular weight is 296 g/mol. The van der Waals surface area contributed by atoms with Crippen molar-refractivity contribution in [3.8, 4) is 0 Å². The van der Waals surface area contributed by atoms with Crippen molar-refractivity contribution >= 4 is 34.8 Å². The van der Waals surface area contributed by atoms with E-state index in [2.05, 4.69) is 15.3 Å². The van der Waals surface area contributed by atoms with Gasteiger partial charge in [-0.3, -0.25) is 4.79 Å². The summed E-state index contributed by atoms with van der Waals surface area (Å²) in [4.78, 5) is 19.5. The van der Waals surface area contributed by atoms with Crippen molar-refractivity contribution in [3.63, 3.8) is 0 Å². The fraction of sp³-hybridized carbons (Fsp3) is 0.154. The number of aryl methyl sites for hydroxylation is 2. The van der Waals surface area contributed by atoms with Crippen LogP contribution in [0.3, 0.4) is 0 Å². The summed E-state index contributed by atoms with van der Waals surface area (Å²) in [6, 6.07) is 5.74. The molecule has 0 unspecified atom stereocenters. The molecule has 0 aliphatic carbocycles. The standard InChI is InChI=1S/C13H11Cl2N3O/c1-7-3-4-10(8(2)5-7)17-12(19)9-6-16-13(15)18-11(9)14/h3-6H,1-2H3,(H,17,19). The Labute approximate surface area is 120 Å². The van der Waals surface area contributed by atoms with Crippen molar-refractivity contribution in [1.29, 1.82) is 0 Å². The molecule has 6 heteroatoms. The fourth-order valence-electron chi connectivity index (χ4n) is 1.64. The molecule has 0 aliphatic rings. The molecule has 0 saturated heterocycles. The number of carbonyl (C=O) groups excluding carboxylic acids is 1. The Hall–Kier alpha value is -1.65. The van der Waals surface area contributed by atoms with E-state index in [9.17, 15) is 4.79 Å². The van der Waals surface area contributed by atoms with E-state index in [0.717, 1.165) is 16.8 Å². The first-order valence-corrected chi connectivity index (χ1v) is 6.29. The van der Waals surface area contributed by atoms with Crippen LogP contribution in [0.5, 0.6) is 0 Å². The number of rotatable bonds is 2. The molecule has 4 nitrogen and oxygen atoms in total. The number of aromatic nitrogens is 2. The van der Waals surface area contributed by atoms with Crippen molar-refractivity contribution in [2.24, 2.45) is 0 Å². The molecule has 1 aromatic heterocycles. The maximum Gasteiger partial charge on any atom is 0.260 e. The Balaban J connectivity index is 2.25. The zero-order valence-electron chi connectivity index (χ0n) is 10.4. The minimum Gasteiger partial charge on any atom is -0.322 e. The summed E-state index contributed by atoms with van der Waals surface area (Å²) in [6.07, 6.45) is 1.30. The number of benzene rings is 1. The third-order valence-corrected chi connectivity index (χ3v) is 3.06. The number of amides is 1. The Bertz CT molecular complexity index is 644. The van der Waals surface area contributed by atoms with Gasteiger partial charge in [0.05, 0.1) is 5.56 Å². The predicted octanol–water partition coefficient (Wildman–Crippen LogP) is 3.65. The number of anilines is 1. The van der Waals surface area contributed by atoms with Gasteiger partial charge >= 0.3 is 0 Å². The highest BCUT2D eigenvalue weighted by atomic mass is 35.5. The number of hydrogen-bond donors (Lipinski definition) is 1. The Morgan fingerprint density at radius 3 is 2.63 bits per heavy atom. The highest BCUT2D eigenvalue weighted by Gasteiger charge is 2.13. The van der Waals surface area contributed by atoms with Crippen LogP contribution in [0, 0.1) is 13.8 Å². The minimum atomic E-state index is -0.367. The zero-order chi connectivity index (χ0) is 14.0. The number of nitrogens with one attached hydrogen (secondary N) is 1. The Morgan fingerprint density at radius 1 is 1.26 bits per heavy atom. The first kappa shape index (κ1) is 13.8. The second kappa shape index (κ2) is 5.55. The quantitative estimate of drug-likeness (QED) is 0.679. The van der Waals surface area contributed by atoms with E-state index in [1.54, 1.807) is 0 Å². The molecule has 1 N–H and O–H groups in total. The monoisotopic (exact) mass is 295 g/mol. The van der Waals surface area contributed by atoms with E-state index >= 15 is 0 Å². The van der Waals surface area contributed by atoms with Gasteiger partial charge in [-0.15, -0.1) is 0 Å². The molecule has 0 radical (unpaired) electrons. The van der Waals surface area contributed by atoms with Crippen LogP contribution in [-0.4, -0.2) is 15.9 Å². The van der Waals surface area contributed by atoms with Crippen molar-refractivity contribution in [2.45, 2.75) is 13.8 Å². The van der Waals surface area contributed by atoms with E-state index in [-0.39, 0.29) is 21.9 Å². The minimum absolute atomic E-state index is 0.00747. The van der Waals surface area contributed by atoms with Crippen LogP contribution in [0.15, 0.2) is 24.4 Å². The van der Waals surface area contributed by atoms with Crippen molar-refractivity contribution in [3.05, 3.63) is 51.5 Å². The highest BCUT2D eigenvalue weighted by Crippen LogP contribution is 2.19. The normalized spacial score (nSPS) is 10.3. The number of carbonyl (C=O) groups is 1. The van der Waals surface area contributed by atoms with Gasteiger partial charge < -0.3 is 5.32 Å². The van der Waals surface area contributed by atoms with E-state index < -0.39 is 0 Å². The van der Waals surface area contributed by atoms with Gasteiger partial charge in [0.25, 0.3) is 5.91 Å². The number of hydrogen-bond acceptors (Lipinski definition) is 3. The smallest absolute Gasteiger partial charge is 0.260 e. The lowest BCUT2D eigenvalue weighted by Gasteiger charge is -2.09. The summed E-state index contributed by atoms with van der Waals surface area (Å²) in [5, 5.41) is 2.80. The molecule has 2 aromatic rings. The summed E-state index contributed by atoms with van der Waals surface area (Å²) < 4.78 is 0. The molecule has 1 aromatic carbocycles. The molecule has 98 valence electrons. The van der Waals surface area contributed by atoms with Crippen molar-refractivity contribution < 1.29 is 4.79 Å². The molecule has 2 rings (SSSR count). The van der Waals surface area contributed by atoms with Gasteiger partial charge in [0, 0.05) is 11.9 Å². The molecule has 19 heavy (non-hydrogen) atoms. The number of nitrogens with zero attached hydrogens (tertiary/aromatic N) is 2. The van der Waals surface area contributed by atoms with E-state index in [1.807, 2.05) is 32.0 Å². The number of halogens is 2. The molecule has 1 heterocycles. The van der Waals surface area contributed by atoms with Crippen LogP contribution in [0.1, 0.15) is 21.5 Å². The maximum atomic E-state index is 12.1. The zero-order valence-corrected chi connectivity index (χ0v) is 11.9. The van der Waals surface area contributed by atoms with Crippen LogP contribution in [-0.2, 0) is 0 Å². The molecule has 0 bridgehead atoms. The van der Waals surface area contributed by atoms with Gasteiger partial charge in [0.2, 0.25) is 5.28 Å². The van der Waals surface area contributed by atoms with Crippen molar-refractivity contribution in [1.82, 2.24) is 9.97 Å². The third kappa shape index (κ3) is 3.22. The summed E-state index contributed by atoms with van der Waals surface area (Å²) in [7, 11) is 0. The van der Waals surface area contributed by atoms with Gasteiger partial charge in [0.15, 0.2) is 0 Å². The Kier molecular flexibility index (Phi) is 4.02. The van der Waals surface area contributed by atoms with Gasteiger partial charge in [-0.2, -0.15) is 0 Å². The molecular formula is C13H11Cl2N3O. The summed E-state index contributed by atoms with van der Waals surface area (Å²) >= 11 is 11.4. The second-order valence-electron chi connectivity index (χ2n) is 4.12. The largest absolute Gasteiger partial charge is 0.322 e. The summed E-state index contributed by atoms with van der Waals surface area (Å²) in [5.74, 6) is -0.367. The second-order valence-corrected chi connectivity index (χ2v) is 4.81. The van der Waals surface area contributed by atoms with E-state index in [4.69, 9.17) is 23.2 Å². The molecular weight excluding hydrogens is 285 g/mol. The lowest BCUT2D eigenvalue weighted by molar-refractivity contribution is 0.102. The first-order valence-electron chi connectivity index (χ1n) is 5.54. The first-order chi connectivity index (χ1) is 8.97. The third-order valence-electron chi connectivity index (χ3n) is 2.59. The Morgan fingerprint density at radius 2 is 2.00 bits per heavy atom. The van der Waals surface area contributed by atoms with Crippen LogP contribution in [0.2, 0.25) is 10.4 Å². The predicted molar refractivity (Wildman–Crippen MR) is 75.9 cm³/mol. The fourth-order valence-corrected chi connectivity index (χ4v) is 2.03. The van der Waals surface area contributed by atoms with Crippen molar-refractivity contribution in [2.75, 3.05) is 5.32 Å². The lowest BCUT2D eigenvalue weighted by atomic mass is 10.1. The SMILES string of the molecule is Cc1ccc(NC(=O)c2cnc(Cl)nc2Cl)c(C)c1. The topological polar surface area (TPSA) is 54.9 Å². The molecule has 0 fully saturated rings. The summed E-state index contributed by atoms with van der Waals surface area (Å²) in [6.45, 7) is 3.91. The lowest BCUT2D eigenvalue weighted by Crippen LogP contribution is -2.14. The average Bonchev–Trinajstić information content (AvgIpc) is 2.32. The molecule has 0 atom stereocenters. The van der Waals surface area contributed by atoms with E-state index in [0.29, 0.717) is 0 Å². The molecule has 1 amide bonds. The van der Waals surface area contributed by atoms with Gasteiger partial charge in [-0.05, 0) is 37.1 Å². The molecule has 0 saturated carbocycles. The highest BCUT2D eigenvalue weighted by molar-refractivity contribution is 6.34. The van der Waals surface area contributed by atoms with E-state index in [1.165, 1.54) is 6.20 Å². The van der Waals surface area contributed by atoms with Crippen LogP contribution in [0.4, 0.5) is 5.69 Å². The molecule has 0 aliphatic heterocycles. The maximum absolute atomic E-state index is 12.1. The van der Waals surface area contributed by atoms with Crippen LogP contribution >= 0.6 is 23.2 Å². The van der Waals surface area contributed by atoms with Crippen LogP contribution < -0.4 is 5.32 Å². The summed E-state index contributed by atoms with van der Waals surface area (Å²) in [5.41, 5.74) is 3.01. The van der Waals surface area contributed by atoms with Crippen LogP contribution in [0.25, 0.3) is 0 Å². The van der Waals surface area contributed by atoms with Gasteiger partial charge in [-0.25, -0.2) is 9.97 Å². The van der Waals surface area contributed by atoms with Gasteiger partial charge in [-0.1, -0.05) is 29.3 Å². The van der Waals surface area contributed by atoms with Gasteiger partial charge in [0.1, 0.15) is 5.15 Å².